The lowest BCUT2D eigenvalue weighted by atomic mass is 9.87. The van der Waals surface area contributed by atoms with E-state index in [1.165, 1.54) is 5.56 Å². The first-order chi connectivity index (χ1) is 9.90. The lowest BCUT2D eigenvalue weighted by Gasteiger charge is -2.21. The Morgan fingerprint density at radius 1 is 1.10 bits per heavy atom. The van der Waals surface area contributed by atoms with Crippen molar-refractivity contribution >= 4 is 15.9 Å². The van der Waals surface area contributed by atoms with Gasteiger partial charge < -0.3 is 10.5 Å². The largest absolute Gasteiger partial charge is 0.484 e. The summed E-state index contributed by atoms with van der Waals surface area (Å²) < 4.78 is 7.06. The van der Waals surface area contributed by atoms with Crippen LogP contribution in [0.5, 0.6) is 5.75 Å². The van der Waals surface area contributed by atoms with Crippen LogP contribution in [0.15, 0.2) is 53.0 Å². The van der Waals surface area contributed by atoms with Crippen molar-refractivity contribution in [2.45, 2.75) is 32.3 Å². The fourth-order valence-electron chi connectivity index (χ4n) is 2.16. The maximum atomic E-state index is 6.03. The first-order valence-corrected chi connectivity index (χ1v) is 7.92. The van der Waals surface area contributed by atoms with E-state index < -0.39 is 0 Å². The molecule has 0 radical (unpaired) electrons. The molecule has 2 nitrogen and oxygen atoms in total. The maximum absolute atomic E-state index is 6.03. The van der Waals surface area contributed by atoms with Gasteiger partial charge in [-0.15, -0.1) is 0 Å². The zero-order valence-corrected chi connectivity index (χ0v) is 14.4. The van der Waals surface area contributed by atoms with Gasteiger partial charge in [0.15, 0.2) is 0 Å². The Morgan fingerprint density at radius 2 is 1.76 bits per heavy atom. The van der Waals surface area contributed by atoms with Crippen LogP contribution in [0.25, 0.3) is 0 Å². The van der Waals surface area contributed by atoms with Crippen LogP contribution in [0.2, 0.25) is 0 Å². The molecule has 1 atom stereocenters. The predicted molar refractivity (Wildman–Crippen MR) is 91.7 cm³/mol. The van der Waals surface area contributed by atoms with Gasteiger partial charge in [0.2, 0.25) is 0 Å². The van der Waals surface area contributed by atoms with Gasteiger partial charge in [-0.25, -0.2) is 0 Å². The minimum absolute atomic E-state index is 0.136. The van der Waals surface area contributed by atoms with E-state index in [4.69, 9.17) is 10.5 Å². The summed E-state index contributed by atoms with van der Waals surface area (Å²) in [6, 6.07) is 16.3. The molecule has 2 N–H and O–H groups in total. The Bertz CT molecular complexity index is 587. The summed E-state index contributed by atoms with van der Waals surface area (Å²) in [7, 11) is 0. The minimum atomic E-state index is -0.136. The van der Waals surface area contributed by atoms with E-state index in [0.29, 0.717) is 6.54 Å². The van der Waals surface area contributed by atoms with Crippen LogP contribution < -0.4 is 10.5 Å². The molecule has 0 aromatic heterocycles. The van der Waals surface area contributed by atoms with E-state index in [1.54, 1.807) is 0 Å². The molecule has 0 amide bonds. The molecule has 0 aliphatic carbocycles. The zero-order chi connectivity index (χ0) is 15.5. The summed E-state index contributed by atoms with van der Waals surface area (Å²) in [4.78, 5) is 0. The normalized spacial score (nSPS) is 13.0. The lowest BCUT2D eigenvalue weighted by Crippen LogP contribution is -2.18. The van der Waals surface area contributed by atoms with Crippen LogP contribution in [0.3, 0.4) is 0 Å². The Hall–Kier alpha value is -1.32. The van der Waals surface area contributed by atoms with Crippen molar-refractivity contribution in [1.29, 1.82) is 0 Å². The second-order valence-corrected chi connectivity index (χ2v) is 7.09. The van der Waals surface area contributed by atoms with Gasteiger partial charge >= 0.3 is 0 Å². The van der Waals surface area contributed by atoms with Crippen molar-refractivity contribution in [1.82, 2.24) is 0 Å². The molecular weight excluding hydrogens is 326 g/mol. The van der Waals surface area contributed by atoms with E-state index in [-0.39, 0.29) is 11.5 Å². The van der Waals surface area contributed by atoms with Crippen molar-refractivity contribution in [3.05, 3.63) is 64.1 Å². The second kappa shape index (κ2) is 6.63. The standard InChI is InChI=1S/C18H22BrNO/c1-18(2,3)14-7-9-16(10-8-14)21-17(12-20)13-5-4-6-15(19)11-13/h4-11,17H,12,20H2,1-3H3. The molecule has 112 valence electrons. The minimum Gasteiger partial charge on any atom is -0.484 e. The molecule has 0 heterocycles. The van der Waals surface area contributed by atoms with Crippen molar-refractivity contribution in [2.24, 2.45) is 5.73 Å². The Morgan fingerprint density at radius 3 is 2.29 bits per heavy atom. The van der Waals surface area contributed by atoms with Gasteiger partial charge in [0.25, 0.3) is 0 Å². The number of nitrogens with two attached hydrogens (primary N) is 1. The van der Waals surface area contributed by atoms with Gasteiger partial charge in [-0.2, -0.15) is 0 Å². The Balaban J connectivity index is 2.15. The summed E-state index contributed by atoms with van der Waals surface area (Å²) in [6.07, 6.45) is -0.136. The summed E-state index contributed by atoms with van der Waals surface area (Å²) in [5, 5.41) is 0. The van der Waals surface area contributed by atoms with Crippen LogP contribution in [0.1, 0.15) is 38.0 Å². The molecule has 21 heavy (non-hydrogen) atoms. The van der Waals surface area contributed by atoms with Gasteiger partial charge in [-0.1, -0.05) is 61.0 Å². The molecule has 0 spiro atoms. The third-order valence-electron chi connectivity index (χ3n) is 3.43. The lowest BCUT2D eigenvalue weighted by molar-refractivity contribution is 0.214. The first-order valence-electron chi connectivity index (χ1n) is 7.13. The summed E-state index contributed by atoms with van der Waals surface area (Å²) in [5.41, 5.74) is 8.38. The number of halogens is 1. The highest BCUT2D eigenvalue weighted by molar-refractivity contribution is 9.10. The van der Waals surface area contributed by atoms with Gasteiger partial charge in [0.1, 0.15) is 11.9 Å². The Labute approximate surface area is 135 Å². The number of rotatable bonds is 4. The number of hydrogen-bond donors (Lipinski definition) is 1. The highest BCUT2D eigenvalue weighted by atomic mass is 79.9. The topological polar surface area (TPSA) is 35.2 Å². The van der Waals surface area contributed by atoms with Crippen molar-refractivity contribution in [2.75, 3.05) is 6.54 Å². The average Bonchev–Trinajstić information content (AvgIpc) is 2.44. The second-order valence-electron chi connectivity index (χ2n) is 6.17. The summed E-state index contributed by atoms with van der Waals surface area (Å²) in [5.74, 6) is 0.846. The third-order valence-corrected chi connectivity index (χ3v) is 3.93. The molecule has 0 aliphatic rings. The number of ether oxygens (including phenoxy) is 1. The van der Waals surface area contributed by atoms with E-state index in [2.05, 4.69) is 48.8 Å². The van der Waals surface area contributed by atoms with Gasteiger partial charge in [0.05, 0.1) is 0 Å². The molecule has 0 fully saturated rings. The number of hydrogen-bond acceptors (Lipinski definition) is 2. The molecule has 1 unspecified atom stereocenters. The van der Waals surface area contributed by atoms with Crippen LogP contribution in [-0.4, -0.2) is 6.54 Å². The van der Waals surface area contributed by atoms with E-state index in [9.17, 15) is 0 Å². The molecule has 2 rings (SSSR count). The number of benzene rings is 2. The summed E-state index contributed by atoms with van der Waals surface area (Å²) >= 11 is 3.48. The van der Waals surface area contributed by atoms with E-state index in [0.717, 1.165) is 15.8 Å². The quantitative estimate of drug-likeness (QED) is 0.859. The predicted octanol–water partition coefficient (Wildman–Crippen LogP) is 4.83. The molecule has 2 aromatic carbocycles. The highest BCUT2D eigenvalue weighted by Gasteiger charge is 2.15. The van der Waals surface area contributed by atoms with Gasteiger partial charge in [0, 0.05) is 11.0 Å². The Kier molecular flexibility index (Phi) is 5.07. The average molecular weight is 348 g/mol. The molecule has 0 bridgehead atoms. The van der Waals surface area contributed by atoms with Gasteiger partial charge in [-0.05, 0) is 40.8 Å². The molecular formula is C18H22BrNO. The van der Waals surface area contributed by atoms with Crippen LogP contribution in [0, 0.1) is 0 Å². The van der Waals surface area contributed by atoms with Crippen LogP contribution >= 0.6 is 15.9 Å². The van der Waals surface area contributed by atoms with Crippen LogP contribution in [0.4, 0.5) is 0 Å². The zero-order valence-electron chi connectivity index (χ0n) is 12.8. The fraction of sp³-hybridized carbons (Fsp3) is 0.333. The summed E-state index contributed by atoms with van der Waals surface area (Å²) in [6.45, 7) is 7.05. The molecule has 0 saturated carbocycles. The maximum Gasteiger partial charge on any atom is 0.136 e. The van der Waals surface area contributed by atoms with Crippen LogP contribution in [-0.2, 0) is 5.41 Å². The molecule has 3 heteroatoms. The third kappa shape index (κ3) is 4.32. The van der Waals surface area contributed by atoms with Gasteiger partial charge in [-0.3, -0.25) is 0 Å². The van der Waals surface area contributed by atoms with Crippen molar-refractivity contribution in [3.8, 4) is 5.75 Å². The SMILES string of the molecule is CC(C)(C)c1ccc(OC(CN)c2cccc(Br)c2)cc1. The smallest absolute Gasteiger partial charge is 0.136 e. The fourth-order valence-corrected chi connectivity index (χ4v) is 2.57. The highest BCUT2D eigenvalue weighted by Crippen LogP contribution is 2.27. The van der Waals surface area contributed by atoms with Crippen molar-refractivity contribution in [3.63, 3.8) is 0 Å². The van der Waals surface area contributed by atoms with E-state index >= 15 is 0 Å². The van der Waals surface area contributed by atoms with E-state index in [1.807, 2.05) is 36.4 Å². The molecule has 0 saturated heterocycles. The molecule has 0 aliphatic heterocycles. The monoisotopic (exact) mass is 347 g/mol. The van der Waals surface area contributed by atoms with Crippen molar-refractivity contribution < 1.29 is 4.74 Å². The molecule has 2 aromatic rings. The first kappa shape index (κ1) is 16.1.